The molecule has 2 heterocycles. The first-order valence-corrected chi connectivity index (χ1v) is 5.90. The molecule has 0 amide bonds. The summed E-state index contributed by atoms with van der Waals surface area (Å²) in [6.07, 6.45) is 1.20. The maximum atomic E-state index is 4.29. The van der Waals surface area contributed by atoms with Crippen molar-refractivity contribution in [2.24, 2.45) is 4.99 Å². The van der Waals surface area contributed by atoms with E-state index in [2.05, 4.69) is 25.8 Å². The van der Waals surface area contributed by atoms with Crippen LogP contribution in [0.3, 0.4) is 0 Å². The Balaban J connectivity index is 1.50. The molecule has 0 unspecified atom stereocenters. The van der Waals surface area contributed by atoms with Crippen LogP contribution in [0.2, 0.25) is 0 Å². The summed E-state index contributed by atoms with van der Waals surface area (Å²) in [6.45, 7) is 8.79. The van der Waals surface area contributed by atoms with Crippen LogP contribution in [0.15, 0.2) is 4.99 Å². The van der Waals surface area contributed by atoms with Gasteiger partial charge in [0.2, 0.25) is 0 Å². The van der Waals surface area contributed by atoms with E-state index in [-0.39, 0.29) is 0 Å². The maximum absolute atomic E-state index is 4.29. The predicted octanol–water partition coefficient (Wildman–Crippen LogP) is -1.17. The summed E-state index contributed by atoms with van der Waals surface area (Å²) in [7, 11) is 0. The monoisotopic (exact) mass is 211 g/mol. The van der Waals surface area contributed by atoms with Crippen molar-refractivity contribution in [2.75, 3.05) is 52.4 Å². The van der Waals surface area contributed by atoms with Crippen molar-refractivity contribution in [2.45, 2.75) is 6.42 Å². The highest BCUT2D eigenvalue weighted by Gasteiger charge is 2.08. The maximum Gasteiger partial charge on any atom is 0.191 e. The standard InChI is InChI=1S/C10H21N5/c1(2-12-10-13-3-4-14-10)7-15-8-5-11-6-9-15/h11H,1-9H2,(H2,12,13,14). The minimum absolute atomic E-state index is 0.917. The van der Waals surface area contributed by atoms with Crippen LogP contribution < -0.4 is 16.0 Å². The third kappa shape index (κ3) is 3.68. The van der Waals surface area contributed by atoms with Crippen LogP contribution >= 0.6 is 0 Å². The molecule has 0 aromatic heterocycles. The zero-order chi connectivity index (χ0) is 10.3. The van der Waals surface area contributed by atoms with E-state index in [1.54, 1.807) is 0 Å². The van der Waals surface area contributed by atoms with Crippen molar-refractivity contribution < 1.29 is 0 Å². The molecule has 5 heteroatoms. The highest BCUT2D eigenvalue weighted by Crippen LogP contribution is 1.93. The Kier molecular flexibility index (Phi) is 4.23. The molecule has 0 radical (unpaired) electrons. The smallest absolute Gasteiger partial charge is 0.191 e. The molecule has 0 saturated carbocycles. The lowest BCUT2D eigenvalue weighted by Gasteiger charge is -2.27. The van der Waals surface area contributed by atoms with Gasteiger partial charge < -0.3 is 20.9 Å². The van der Waals surface area contributed by atoms with E-state index in [0.717, 1.165) is 38.7 Å². The minimum Gasteiger partial charge on any atom is -0.356 e. The first-order chi connectivity index (χ1) is 7.45. The molecule has 5 nitrogen and oxygen atoms in total. The number of nitrogens with zero attached hydrogens (tertiary/aromatic N) is 2. The molecule has 15 heavy (non-hydrogen) atoms. The second kappa shape index (κ2) is 5.92. The van der Waals surface area contributed by atoms with Crippen molar-refractivity contribution in [1.29, 1.82) is 0 Å². The minimum atomic E-state index is 0.917. The van der Waals surface area contributed by atoms with Gasteiger partial charge in [0.15, 0.2) is 5.96 Å². The third-order valence-corrected chi connectivity index (χ3v) is 2.83. The summed E-state index contributed by atoms with van der Waals surface area (Å²) >= 11 is 0. The Hall–Kier alpha value is -0.810. The highest BCUT2D eigenvalue weighted by atomic mass is 15.2. The summed E-state index contributed by atoms with van der Waals surface area (Å²) in [4.78, 5) is 6.81. The lowest BCUT2D eigenvalue weighted by Crippen LogP contribution is -2.44. The molecule has 0 atom stereocenters. The van der Waals surface area contributed by atoms with Crippen molar-refractivity contribution in [1.82, 2.24) is 20.9 Å². The van der Waals surface area contributed by atoms with Crippen LogP contribution in [0.4, 0.5) is 0 Å². The van der Waals surface area contributed by atoms with Gasteiger partial charge in [-0.1, -0.05) is 0 Å². The molecule has 0 spiro atoms. The Labute approximate surface area is 91.3 Å². The molecule has 2 aliphatic heterocycles. The van der Waals surface area contributed by atoms with E-state index in [1.807, 2.05) is 0 Å². The summed E-state index contributed by atoms with van der Waals surface area (Å²) in [5.41, 5.74) is 0. The van der Waals surface area contributed by atoms with Gasteiger partial charge in [-0.15, -0.1) is 0 Å². The van der Waals surface area contributed by atoms with E-state index < -0.39 is 0 Å². The first kappa shape index (κ1) is 10.7. The molecular formula is C10H21N5. The molecule has 86 valence electrons. The van der Waals surface area contributed by atoms with Gasteiger partial charge in [-0.25, -0.2) is 0 Å². The number of piperazine rings is 1. The summed E-state index contributed by atoms with van der Waals surface area (Å²) in [6, 6.07) is 0. The van der Waals surface area contributed by atoms with Crippen LogP contribution in [0.5, 0.6) is 0 Å². The lowest BCUT2D eigenvalue weighted by molar-refractivity contribution is 0.239. The van der Waals surface area contributed by atoms with Gasteiger partial charge in [-0.05, 0) is 13.0 Å². The number of guanidine groups is 1. The van der Waals surface area contributed by atoms with E-state index in [1.165, 1.54) is 26.1 Å². The normalized spacial score (nSPS) is 22.3. The Bertz CT molecular complexity index is 210. The van der Waals surface area contributed by atoms with Crippen LogP contribution in [0, 0.1) is 0 Å². The van der Waals surface area contributed by atoms with E-state index in [9.17, 15) is 0 Å². The average Bonchev–Trinajstić information content (AvgIpc) is 2.79. The molecule has 0 aromatic carbocycles. The number of hydrogen-bond donors (Lipinski definition) is 3. The number of nitrogens with one attached hydrogen (secondary N) is 3. The van der Waals surface area contributed by atoms with Crippen LogP contribution in [-0.2, 0) is 0 Å². The fraction of sp³-hybridized carbons (Fsp3) is 0.900. The van der Waals surface area contributed by atoms with Gasteiger partial charge in [0.1, 0.15) is 0 Å². The fourth-order valence-electron chi connectivity index (χ4n) is 1.96. The Morgan fingerprint density at radius 1 is 1.27 bits per heavy atom. The van der Waals surface area contributed by atoms with E-state index in [4.69, 9.17) is 0 Å². The quantitative estimate of drug-likeness (QED) is 0.513. The largest absolute Gasteiger partial charge is 0.356 e. The second-order valence-corrected chi connectivity index (χ2v) is 4.03. The van der Waals surface area contributed by atoms with Gasteiger partial charge in [0, 0.05) is 39.3 Å². The Morgan fingerprint density at radius 3 is 2.87 bits per heavy atom. The third-order valence-electron chi connectivity index (χ3n) is 2.83. The average molecular weight is 211 g/mol. The van der Waals surface area contributed by atoms with Gasteiger partial charge in [-0.3, -0.25) is 4.99 Å². The van der Waals surface area contributed by atoms with Crippen molar-refractivity contribution >= 4 is 5.96 Å². The zero-order valence-electron chi connectivity index (χ0n) is 9.26. The molecule has 1 saturated heterocycles. The highest BCUT2D eigenvalue weighted by molar-refractivity contribution is 5.81. The first-order valence-electron chi connectivity index (χ1n) is 5.90. The fourth-order valence-corrected chi connectivity index (χ4v) is 1.96. The molecule has 2 rings (SSSR count). The van der Waals surface area contributed by atoms with Crippen molar-refractivity contribution in [3.63, 3.8) is 0 Å². The molecule has 0 aromatic rings. The SMILES string of the molecule is C(CNC1=NCCN1)CN1CCNCC1. The van der Waals surface area contributed by atoms with Crippen LogP contribution in [0.25, 0.3) is 0 Å². The van der Waals surface area contributed by atoms with Gasteiger partial charge in [-0.2, -0.15) is 0 Å². The van der Waals surface area contributed by atoms with Gasteiger partial charge in [0.05, 0.1) is 6.54 Å². The van der Waals surface area contributed by atoms with E-state index in [0.29, 0.717) is 0 Å². The molecule has 3 N–H and O–H groups in total. The molecule has 0 aliphatic carbocycles. The zero-order valence-corrected chi connectivity index (χ0v) is 9.26. The number of aliphatic imine (C=N–C) groups is 1. The topological polar surface area (TPSA) is 51.7 Å². The van der Waals surface area contributed by atoms with Crippen LogP contribution in [-0.4, -0.2) is 63.2 Å². The predicted molar refractivity (Wildman–Crippen MR) is 62.2 cm³/mol. The lowest BCUT2D eigenvalue weighted by atomic mass is 10.3. The second-order valence-electron chi connectivity index (χ2n) is 4.03. The Morgan fingerprint density at radius 2 is 2.13 bits per heavy atom. The number of hydrogen-bond acceptors (Lipinski definition) is 5. The number of rotatable bonds is 4. The summed E-state index contributed by atoms with van der Waals surface area (Å²) in [5, 5.41) is 9.89. The molecule has 1 fully saturated rings. The van der Waals surface area contributed by atoms with Crippen molar-refractivity contribution in [3.8, 4) is 0 Å². The van der Waals surface area contributed by atoms with E-state index >= 15 is 0 Å². The molecule has 2 aliphatic rings. The molecule has 0 bridgehead atoms. The van der Waals surface area contributed by atoms with Gasteiger partial charge >= 0.3 is 0 Å². The van der Waals surface area contributed by atoms with Crippen LogP contribution in [0.1, 0.15) is 6.42 Å². The molecular weight excluding hydrogens is 190 g/mol. The van der Waals surface area contributed by atoms with Crippen molar-refractivity contribution in [3.05, 3.63) is 0 Å². The summed E-state index contributed by atoms with van der Waals surface area (Å²) < 4.78 is 0. The van der Waals surface area contributed by atoms with Gasteiger partial charge in [0.25, 0.3) is 0 Å². The summed E-state index contributed by atoms with van der Waals surface area (Å²) in [5.74, 6) is 0.982.